The molecule has 0 saturated carbocycles. The van der Waals surface area contributed by atoms with Crippen LogP contribution in [0.5, 0.6) is 0 Å². The standard InChI is InChI=1S/C14H15N5O5/c1-8-4-5-11(12(6-8)18(21)22)15-14(20)10(3)17-7-13(19(23)24)9(2)16-17/h4-7,10H,1-3H3,(H,15,20). The van der Waals surface area contributed by atoms with Gasteiger partial charge < -0.3 is 5.32 Å². The first-order chi connectivity index (χ1) is 11.2. The molecule has 0 aliphatic carbocycles. The van der Waals surface area contributed by atoms with Crippen LogP contribution in [0.15, 0.2) is 24.4 Å². The molecule has 1 N–H and O–H groups in total. The molecule has 0 radical (unpaired) electrons. The number of amides is 1. The Bertz CT molecular complexity index is 829. The van der Waals surface area contributed by atoms with Crippen LogP contribution in [0.2, 0.25) is 0 Å². The highest BCUT2D eigenvalue weighted by atomic mass is 16.6. The van der Waals surface area contributed by atoms with Crippen molar-refractivity contribution in [2.45, 2.75) is 26.8 Å². The Labute approximate surface area is 136 Å². The van der Waals surface area contributed by atoms with Crippen LogP contribution in [0.25, 0.3) is 0 Å². The Morgan fingerprint density at radius 2 is 1.83 bits per heavy atom. The second kappa shape index (κ2) is 6.44. The Hall–Kier alpha value is -3.30. The monoisotopic (exact) mass is 333 g/mol. The van der Waals surface area contributed by atoms with E-state index in [2.05, 4.69) is 10.4 Å². The predicted octanol–water partition coefficient (Wildman–Crippen LogP) is 2.52. The lowest BCUT2D eigenvalue weighted by Gasteiger charge is -2.12. The number of rotatable bonds is 5. The average molecular weight is 333 g/mol. The quantitative estimate of drug-likeness (QED) is 0.660. The minimum atomic E-state index is -0.877. The van der Waals surface area contributed by atoms with Crippen LogP contribution >= 0.6 is 0 Å². The van der Waals surface area contributed by atoms with E-state index in [1.807, 2.05) is 0 Å². The Kier molecular flexibility index (Phi) is 4.58. The second-order valence-corrected chi connectivity index (χ2v) is 5.28. The van der Waals surface area contributed by atoms with E-state index in [4.69, 9.17) is 0 Å². The zero-order chi connectivity index (χ0) is 18.0. The second-order valence-electron chi connectivity index (χ2n) is 5.28. The molecule has 1 aromatic carbocycles. The third-order valence-electron chi connectivity index (χ3n) is 3.47. The fourth-order valence-corrected chi connectivity index (χ4v) is 2.11. The first kappa shape index (κ1) is 17.1. The molecule has 24 heavy (non-hydrogen) atoms. The summed E-state index contributed by atoms with van der Waals surface area (Å²) in [5.41, 5.74) is 0.502. The van der Waals surface area contributed by atoms with Crippen molar-refractivity contribution in [3.8, 4) is 0 Å². The number of aryl methyl sites for hydroxylation is 2. The van der Waals surface area contributed by atoms with Gasteiger partial charge in [0.15, 0.2) is 0 Å². The number of hydrogen-bond acceptors (Lipinski definition) is 6. The van der Waals surface area contributed by atoms with Crippen LogP contribution < -0.4 is 5.32 Å². The van der Waals surface area contributed by atoms with Crippen molar-refractivity contribution in [1.82, 2.24) is 9.78 Å². The molecular weight excluding hydrogens is 318 g/mol. The molecule has 1 unspecified atom stereocenters. The highest BCUT2D eigenvalue weighted by molar-refractivity contribution is 5.95. The minimum Gasteiger partial charge on any atom is -0.319 e. The summed E-state index contributed by atoms with van der Waals surface area (Å²) < 4.78 is 1.16. The number of carbonyl (C=O) groups is 1. The third kappa shape index (κ3) is 3.37. The molecule has 1 aromatic heterocycles. The van der Waals surface area contributed by atoms with E-state index < -0.39 is 21.8 Å². The maximum atomic E-state index is 12.3. The molecule has 1 heterocycles. The molecule has 2 rings (SSSR count). The first-order valence-corrected chi connectivity index (χ1v) is 6.96. The number of anilines is 1. The lowest BCUT2D eigenvalue weighted by Crippen LogP contribution is -2.24. The fourth-order valence-electron chi connectivity index (χ4n) is 2.11. The lowest BCUT2D eigenvalue weighted by molar-refractivity contribution is -0.385. The van der Waals surface area contributed by atoms with Crippen LogP contribution in [0, 0.1) is 34.1 Å². The number of nitrogens with one attached hydrogen (secondary N) is 1. The van der Waals surface area contributed by atoms with E-state index in [0.717, 1.165) is 10.9 Å². The smallest absolute Gasteiger partial charge is 0.309 e. The predicted molar refractivity (Wildman–Crippen MR) is 84.8 cm³/mol. The van der Waals surface area contributed by atoms with Gasteiger partial charge in [-0.05, 0) is 32.4 Å². The van der Waals surface area contributed by atoms with Crippen molar-refractivity contribution in [2.75, 3.05) is 5.32 Å². The van der Waals surface area contributed by atoms with E-state index in [-0.39, 0.29) is 22.8 Å². The van der Waals surface area contributed by atoms with Gasteiger partial charge in [0.25, 0.3) is 5.69 Å². The highest BCUT2D eigenvalue weighted by Crippen LogP contribution is 2.26. The Morgan fingerprint density at radius 3 is 2.38 bits per heavy atom. The van der Waals surface area contributed by atoms with E-state index in [0.29, 0.717) is 5.56 Å². The summed E-state index contributed by atoms with van der Waals surface area (Å²) >= 11 is 0. The molecule has 2 aromatic rings. The van der Waals surface area contributed by atoms with Crippen LogP contribution in [-0.2, 0) is 4.79 Å². The van der Waals surface area contributed by atoms with Gasteiger partial charge in [-0.25, -0.2) is 0 Å². The van der Waals surface area contributed by atoms with Crippen molar-refractivity contribution in [3.63, 3.8) is 0 Å². The van der Waals surface area contributed by atoms with Gasteiger partial charge in [0.2, 0.25) is 5.91 Å². The molecule has 0 fully saturated rings. The van der Waals surface area contributed by atoms with Crippen molar-refractivity contribution in [3.05, 3.63) is 55.9 Å². The van der Waals surface area contributed by atoms with E-state index in [1.165, 1.54) is 26.0 Å². The number of carbonyl (C=O) groups excluding carboxylic acids is 1. The Morgan fingerprint density at radius 1 is 1.21 bits per heavy atom. The van der Waals surface area contributed by atoms with Gasteiger partial charge in [0.05, 0.1) is 9.85 Å². The van der Waals surface area contributed by atoms with Gasteiger partial charge in [0, 0.05) is 6.07 Å². The molecule has 0 saturated heterocycles. The summed E-state index contributed by atoms with van der Waals surface area (Å²) in [6.45, 7) is 4.66. The minimum absolute atomic E-state index is 0.0563. The lowest BCUT2D eigenvalue weighted by atomic mass is 10.2. The summed E-state index contributed by atoms with van der Waals surface area (Å²) in [7, 11) is 0. The zero-order valence-electron chi connectivity index (χ0n) is 13.2. The molecule has 1 atom stereocenters. The van der Waals surface area contributed by atoms with Gasteiger partial charge in [-0.15, -0.1) is 0 Å². The molecule has 10 nitrogen and oxygen atoms in total. The SMILES string of the molecule is Cc1ccc(NC(=O)C(C)n2cc([N+](=O)[O-])c(C)n2)c([N+](=O)[O-])c1. The van der Waals surface area contributed by atoms with Crippen molar-refractivity contribution < 1.29 is 14.6 Å². The molecule has 0 aliphatic rings. The summed E-state index contributed by atoms with van der Waals surface area (Å²) in [5, 5.41) is 28.3. The molecule has 10 heteroatoms. The van der Waals surface area contributed by atoms with Gasteiger partial charge >= 0.3 is 5.69 Å². The fraction of sp³-hybridized carbons (Fsp3) is 0.286. The molecule has 0 spiro atoms. The van der Waals surface area contributed by atoms with Gasteiger partial charge in [-0.3, -0.25) is 29.7 Å². The largest absolute Gasteiger partial charge is 0.319 e. The maximum absolute atomic E-state index is 12.3. The van der Waals surface area contributed by atoms with Gasteiger partial charge in [-0.2, -0.15) is 5.10 Å². The number of nitrogens with zero attached hydrogens (tertiary/aromatic N) is 4. The van der Waals surface area contributed by atoms with E-state index >= 15 is 0 Å². The topological polar surface area (TPSA) is 133 Å². The normalized spacial score (nSPS) is 11.8. The molecular formula is C14H15N5O5. The highest BCUT2D eigenvalue weighted by Gasteiger charge is 2.24. The van der Waals surface area contributed by atoms with Crippen molar-refractivity contribution >= 4 is 23.0 Å². The molecule has 1 amide bonds. The number of nitro groups is 2. The summed E-state index contributed by atoms with van der Waals surface area (Å²) in [6.07, 6.45) is 1.16. The van der Waals surface area contributed by atoms with Crippen LogP contribution in [0.3, 0.4) is 0 Å². The van der Waals surface area contributed by atoms with Gasteiger partial charge in [-0.1, -0.05) is 6.07 Å². The summed E-state index contributed by atoms with van der Waals surface area (Å²) in [5.74, 6) is -0.570. The number of hydrogen-bond donors (Lipinski definition) is 1. The van der Waals surface area contributed by atoms with Crippen LogP contribution in [0.4, 0.5) is 17.1 Å². The third-order valence-corrected chi connectivity index (χ3v) is 3.47. The summed E-state index contributed by atoms with van der Waals surface area (Å²) in [4.78, 5) is 33.0. The molecule has 0 aliphatic heterocycles. The van der Waals surface area contributed by atoms with E-state index in [9.17, 15) is 25.0 Å². The Balaban J connectivity index is 2.25. The maximum Gasteiger partial charge on any atom is 0.309 e. The number of benzene rings is 1. The summed E-state index contributed by atoms with van der Waals surface area (Å²) in [6, 6.07) is 3.55. The number of aromatic nitrogens is 2. The molecule has 126 valence electrons. The van der Waals surface area contributed by atoms with E-state index in [1.54, 1.807) is 13.0 Å². The molecule has 0 bridgehead atoms. The van der Waals surface area contributed by atoms with Crippen LogP contribution in [-0.4, -0.2) is 25.5 Å². The zero-order valence-corrected chi connectivity index (χ0v) is 13.2. The average Bonchev–Trinajstić information content (AvgIpc) is 2.90. The van der Waals surface area contributed by atoms with Crippen molar-refractivity contribution in [1.29, 1.82) is 0 Å². The van der Waals surface area contributed by atoms with Crippen LogP contribution in [0.1, 0.15) is 24.2 Å². The van der Waals surface area contributed by atoms with Gasteiger partial charge in [0.1, 0.15) is 23.6 Å². The number of nitro benzene ring substituents is 1. The first-order valence-electron chi connectivity index (χ1n) is 6.96. The van der Waals surface area contributed by atoms with Crippen molar-refractivity contribution in [2.24, 2.45) is 0 Å².